The predicted octanol–water partition coefficient (Wildman–Crippen LogP) is 1.98. The summed E-state index contributed by atoms with van der Waals surface area (Å²) in [6.07, 6.45) is 1.95. The lowest BCUT2D eigenvalue weighted by Gasteiger charge is -2.19. The molecule has 2 unspecified atom stereocenters. The van der Waals surface area contributed by atoms with Crippen molar-refractivity contribution >= 4 is 15.7 Å². The van der Waals surface area contributed by atoms with Crippen LogP contribution in [0.2, 0.25) is 0 Å². The van der Waals surface area contributed by atoms with Crippen molar-refractivity contribution in [1.82, 2.24) is 4.72 Å². The molecular weight excluding hydrogens is 288 g/mol. The second kappa shape index (κ2) is 6.34. The molecule has 1 aromatic carbocycles. The molecule has 0 amide bonds. The molecule has 1 saturated heterocycles. The largest absolute Gasteiger partial charge is 0.398 e. The first kappa shape index (κ1) is 16.3. The molecule has 2 atom stereocenters. The number of rotatable bonds is 5. The van der Waals surface area contributed by atoms with Gasteiger partial charge in [-0.2, -0.15) is 0 Å². The number of hydrogen-bond donors (Lipinski definition) is 2. The molecule has 1 heterocycles. The van der Waals surface area contributed by atoms with Crippen LogP contribution in [0.15, 0.2) is 17.0 Å². The molecule has 0 spiro atoms. The summed E-state index contributed by atoms with van der Waals surface area (Å²) in [6.45, 7) is 6.71. The minimum atomic E-state index is -3.55. The fourth-order valence-corrected chi connectivity index (χ4v) is 4.51. The Bertz CT molecular complexity index is 614. The van der Waals surface area contributed by atoms with Crippen molar-refractivity contribution in [3.05, 3.63) is 23.3 Å². The van der Waals surface area contributed by atoms with Gasteiger partial charge < -0.3 is 10.5 Å². The molecule has 0 radical (unpaired) electrons. The van der Waals surface area contributed by atoms with Gasteiger partial charge in [-0.15, -0.1) is 0 Å². The highest BCUT2D eigenvalue weighted by molar-refractivity contribution is 7.89. The van der Waals surface area contributed by atoms with E-state index in [4.69, 9.17) is 10.5 Å². The van der Waals surface area contributed by atoms with Crippen molar-refractivity contribution in [2.24, 2.45) is 5.92 Å². The first-order valence-corrected chi connectivity index (χ1v) is 8.82. The molecule has 0 bridgehead atoms. The van der Waals surface area contributed by atoms with Crippen LogP contribution in [-0.2, 0) is 14.8 Å². The molecule has 1 aliphatic heterocycles. The topological polar surface area (TPSA) is 81.4 Å². The van der Waals surface area contributed by atoms with E-state index < -0.39 is 10.0 Å². The number of nitrogen functional groups attached to an aromatic ring is 1. The lowest BCUT2D eigenvalue weighted by Crippen LogP contribution is -2.33. The Morgan fingerprint density at radius 1 is 1.38 bits per heavy atom. The van der Waals surface area contributed by atoms with Gasteiger partial charge in [0.1, 0.15) is 0 Å². The van der Waals surface area contributed by atoms with Crippen molar-refractivity contribution < 1.29 is 13.2 Å². The van der Waals surface area contributed by atoms with Gasteiger partial charge in [0.2, 0.25) is 10.0 Å². The minimum absolute atomic E-state index is 0.149. The first-order valence-electron chi connectivity index (χ1n) is 7.33. The predicted molar refractivity (Wildman–Crippen MR) is 83.7 cm³/mol. The number of nitrogens with two attached hydrogens (primary N) is 1. The summed E-state index contributed by atoms with van der Waals surface area (Å²) in [5.41, 5.74) is 7.65. The van der Waals surface area contributed by atoms with Crippen molar-refractivity contribution in [2.75, 3.05) is 18.9 Å². The maximum absolute atomic E-state index is 12.6. The van der Waals surface area contributed by atoms with Gasteiger partial charge in [0.15, 0.2) is 0 Å². The van der Waals surface area contributed by atoms with Gasteiger partial charge >= 0.3 is 0 Å². The number of hydrogen-bond acceptors (Lipinski definition) is 4. The van der Waals surface area contributed by atoms with Crippen LogP contribution < -0.4 is 10.5 Å². The second-order valence-corrected chi connectivity index (χ2v) is 7.35. The molecule has 0 saturated carbocycles. The molecule has 0 aliphatic carbocycles. The van der Waals surface area contributed by atoms with Gasteiger partial charge in [-0.3, -0.25) is 0 Å². The number of aryl methyl sites for hydroxylation is 1. The van der Waals surface area contributed by atoms with E-state index >= 15 is 0 Å². The number of anilines is 1. The molecule has 1 aliphatic rings. The third-order valence-electron chi connectivity index (χ3n) is 4.20. The van der Waals surface area contributed by atoms with Crippen molar-refractivity contribution in [3.63, 3.8) is 0 Å². The van der Waals surface area contributed by atoms with Gasteiger partial charge in [-0.25, -0.2) is 13.1 Å². The summed E-state index contributed by atoms with van der Waals surface area (Å²) in [7, 11) is -3.55. The van der Waals surface area contributed by atoms with Gasteiger partial charge in [-0.05, 0) is 43.9 Å². The Labute approximate surface area is 126 Å². The van der Waals surface area contributed by atoms with Gasteiger partial charge in [0.05, 0.1) is 11.0 Å². The smallest absolute Gasteiger partial charge is 0.241 e. The third kappa shape index (κ3) is 3.39. The normalized spacial score (nSPS) is 22.6. The zero-order valence-corrected chi connectivity index (χ0v) is 13.7. The SMILES string of the molecule is CCC1OCCC1CNS(=O)(=O)c1c(C)ccc(N)c1C. The lowest BCUT2D eigenvalue weighted by molar-refractivity contribution is 0.0884. The molecule has 118 valence electrons. The highest BCUT2D eigenvalue weighted by Crippen LogP contribution is 2.26. The van der Waals surface area contributed by atoms with Gasteiger partial charge in [0.25, 0.3) is 0 Å². The van der Waals surface area contributed by atoms with Crippen LogP contribution >= 0.6 is 0 Å². The van der Waals surface area contributed by atoms with Crippen molar-refractivity contribution in [1.29, 1.82) is 0 Å². The van der Waals surface area contributed by atoms with Gasteiger partial charge in [-0.1, -0.05) is 13.0 Å². The molecule has 5 nitrogen and oxygen atoms in total. The Hall–Kier alpha value is -1.11. The molecule has 21 heavy (non-hydrogen) atoms. The third-order valence-corrected chi connectivity index (χ3v) is 5.91. The monoisotopic (exact) mass is 312 g/mol. The Kier molecular flexibility index (Phi) is 4.91. The summed E-state index contributed by atoms with van der Waals surface area (Å²) in [5, 5.41) is 0. The first-order chi connectivity index (χ1) is 9.86. The van der Waals surface area contributed by atoms with E-state index in [2.05, 4.69) is 11.6 Å². The molecule has 2 rings (SSSR count). The van der Waals surface area contributed by atoms with Crippen LogP contribution in [0.4, 0.5) is 5.69 Å². The summed E-state index contributed by atoms with van der Waals surface area (Å²) < 4.78 is 33.5. The lowest BCUT2D eigenvalue weighted by atomic mass is 10.0. The minimum Gasteiger partial charge on any atom is -0.398 e. The standard InChI is InChI=1S/C15H24N2O3S/c1-4-14-12(7-8-20-14)9-17-21(18,19)15-10(2)5-6-13(16)11(15)3/h5-6,12,14,17H,4,7-9,16H2,1-3H3. The van der Waals surface area contributed by atoms with Crippen molar-refractivity contribution in [3.8, 4) is 0 Å². The Morgan fingerprint density at radius 2 is 2.10 bits per heavy atom. The molecule has 1 aromatic rings. The molecule has 3 N–H and O–H groups in total. The number of nitrogens with one attached hydrogen (secondary N) is 1. The molecule has 6 heteroatoms. The van der Waals surface area contributed by atoms with E-state index in [1.54, 1.807) is 26.0 Å². The van der Waals surface area contributed by atoms with E-state index in [1.807, 2.05) is 0 Å². The number of benzene rings is 1. The Morgan fingerprint density at radius 3 is 2.76 bits per heavy atom. The highest BCUT2D eigenvalue weighted by atomic mass is 32.2. The van der Waals surface area contributed by atoms with Crippen LogP contribution in [0.25, 0.3) is 0 Å². The van der Waals surface area contributed by atoms with Gasteiger partial charge in [0, 0.05) is 24.8 Å². The maximum atomic E-state index is 12.6. The number of ether oxygens (including phenoxy) is 1. The summed E-state index contributed by atoms with van der Waals surface area (Å²) in [6, 6.07) is 3.48. The average Bonchev–Trinajstić information content (AvgIpc) is 2.88. The zero-order chi connectivity index (χ0) is 15.6. The molecule has 1 fully saturated rings. The molecule has 0 aromatic heterocycles. The molecular formula is C15H24N2O3S. The van der Waals surface area contributed by atoms with E-state index in [0.717, 1.165) is 12.8 Å². The van der Waals surface area contributed by atoms with Crippen LogP contribution in [0.3, 0.4) is 0 Å². The van der Waals surface area contributed by atoms with Crippen LogP contribution in [-0.4, -0.2) is 27.7 Å². The van der Waals surface area contributed by atoms with Crippen LogP contribution in [0.1, 0.15) is 30.9 Å². The summed E-state index contributed by atoms with van der Waals surface area (Å²) >= 11 is 0. The number of sulfonamides is 1. The maximum Gasteiger partial charge on any atom is 0.241 e. The average molecular weight is 312 g/mol. The second-order valence-electron chi connectivity index (χ2n) is 5.64. The fourth-order valence-electron chi connectivity index (χ4n) is 2.92. The summed E-state index contributed by atoms with van der Waals surface area (Å²) in [4.78, 5) is 0.300. The zero-order valence-electron chi connectivity index (χ0n) is 12.8. The summed E-state index contributed by atoms with van der Waals surface area (Å²) in [5.74, 6) is 0.242. The van der Waals surface area contributed by atoms with E-state index in [9.17, 15) is 8.42 Å². The van der Waals surface area contributed by atoms with Crippen molar-refractivity contribution in [2.45, 2.75) is 44.6 Å². The fraction of sp³-hybridized carbons (Fsp3) is 0.600. The highest BCUT2D eigenvalue weighted by Gasteiger charge is 2.29. The van der Waals surface area contributed by atoms with E-state index in [0.29, 0.717) is 34.9 Å². The van der Waals surface area contributed by atoms with Crippen LogP contribution in [0, 0.1) is 19.8 Å². The Balaban J connectivity index is 2.18. The van der Waals surface area contributed by atoms with E-state index in [-0.39, 0.29) is 12.0 Å². The van der Waals surface area contributed by atoms with E-state index in [1.165, 1.54) is 0 Å². The van der Waals surface area contributed by atoms with Crippen LogP contribution in [0.5, 0.6) is 0 Å². The quantitative estimate of drug-likeness (QED) is 0.815.